The summed E-state index contributed by atoms with van der Waals surface area (Å²) in [5.74, 6) is 0.691. The van der Waals surface area contributed by atoms with Crippen molar-refractivity contribution in [1.29, 1.82) is 0 Å². The summed E-state index contributed by atoms with van der Waals surface area (Å²) < 4.78 is 5.64. The van der Waals surface area contributed by atoms with Crippen LogP contribution in [0.5, 0.6) is 0 Å². The SMILES string of the molecule is CC1CCN(CC2CCCO2)CC1N. The summed E-state index contributed by atoms with van der Waals surface area (Å²) >= 11 is 0. The molecule has 0 aromatic rings. The molecule has 0 aromatic heterocycles. The number of nitrogens with zero attached hydrogens (tertiary/aromatic N) is 1. The van der Waals surface area contributed by atoms with Crippen LogP contribution in [0.1, 0.15) is 26.2 Å². The molecule has 0 spiro atoms. The molecule has 2 N–H and O–H groups in total. The molecule has 3 unspecified atom stereocenters. The van der Waals surface area contributed by atoms with Gasteiger partial charge in [0.25, 0.3) is 0 Å². The zero-order chi connectivity index (χ0) is 9.97. The van der Waals surface area contributed by atoms with Crippen molar-refractivity contribution in [1.82, 2.24) is 4.90 Å². The third-order valence-electron chi connectivity index (χ3n) is 3.59. The van der Waals surface area contributed by atoms with Crippen LogP contribution in [0.2, 0.25) is 0 Å². The molecule has 14 heavy (non-hydrogen) atoms. The predicted molar refractivity (Wildman–Crippen MR) is 57.2 cm³/mol. The highest BCUT2D eigenvalue weighted by Gasteiger charge is 2.26. The molecule has 3 atom stereocenters. The van der Waals surface area contributed by atoms with E-state index in [0.717, 1.165) is 19.7 Å². The lowest BCUT2D eigenvalue weighted by Crippen LogP contribution is -2.49. The highest BCUT2D eigenvalue weighted by Crippen LogP contribution is 2.19. The van der Waals surface area contributed by atoms with Crippen LogP contribution in [0, 0.1) is 5.92 Å². The standard InChI is InChI=1S/C11H22N2O/c1-9-4-5-13(8-11(9)12)7-10-3-2-6-14-10/h9-11H,2-8,12H2,1H3. The second-order valence-corrected chi connectivity index (χ2v) is 4.82. The first-order valence-corrected chi connectivity index (χ1v) is 5.85. The van der Waals surface area contributed by atoms with E-state index in [0.29, 0.717) is 18.1 Å². The van der Waals surface area contributed by atoms with Gasteiger partial charge in [-0.25, -0.2) is 0 Å². The molecular formula is C11H22N2O. The Kier molecular flexibility index (Phi) is 3.42. The maximum Gasteiger partial charge on any atom is 0.0702 e. The summed E-state index contributed by atoms with van der Waals surface area (Å²) in [6.45, 7) is 6.57. The fourth-order valence-electron chi connectivity index (χ4n) is 2.41. The van der Waals surface area contributed by atoms with Crippen LogP contribution in [-0.2, 0) is 4.74 Å². The number of likely N-dealkylation sites (tertiary alicyclic amines) is 1. The molecule has 2 rings (SSSR count). The molecule has 3 nitrogen and oxygen atoms in total. The summed E-state index contributed by atoms with van der Waals surface area (Å²) in [5, 5.41) is 0. The van der Waals surface area contributed by atoms with E-state index in [1.54, 1.807) is 0 Å². The highest BCUT2D eigenvalue weighted by molar-refractivity contribution is 4.82. The Hall–Kier alpha value is -0.120. The molecule has 0 aliphatic carbocycles. The fourth-order valence-corrected chi connectivity index (χ4v) is 2.41. The van der Waals surface area contributed by atoms with E-state index in [-0.39, 0.29) is 0 Å². The van der Waals surface area contributed by atoms with Gasteiger partial charge >= 0.3 is 0 Å². The maximum atomic E-state index is 6.06. The first kappa shape index (κ1) is 10.4. The fraction of sp³-hybridized carbons (Fsp3) is 1.00. The van der Waals surface area contributed by atoms with E-state index in [9.17, 15) is 0 Å². The van der Waals surface area contributed by atoms with Crippen molar-refractivity contribution in [3.8, 4) is 0 Å². The van der Waals surface area contributed by atoms with Gasteiger partial charge in [0, 0.05) is 25.7 Å². The van der Waals surface area contributed by atoms with Crippen LogP contribution in [0.3, 0.4) is 0 Å². The van der Waals surface area contributed by atoms with Gasteiger partial charge in [-0.2, -0.15) is 0 Å². The lowest BCUT2D eigenvalue weighted by atomic mass is 9.94. The Labute approximate surface area is 86.6 Å². The molecule has 2 fully saturated rings. The summed E-state index contributed by atoms with van der Waals surface area (Å²) in [6, 6.07) is 0.366. The molecule has 0 saturated carbocycles. The van der Waals surface area contributed by atoms with E-state index in [1.165, 1.54) is 25.8 Å². The van der Waals surface area contributed by atoms with Crippen LogP contribution >= 0.6 is 0 Å². The Balaban J connectivity index is 1.75. The van der Waals surface area contributed by atoms with Crippen molar-refractivity contribution in [3.63, 3.8) is 0 Å². The number of nitrogens with two attached hydrogens (primary N) is 1. The molecule has 2 aliphatic rings. The van der Waals surface area contributed by atoms with Crippen LogP contribution in [-0.4, -0.2) is 43.3 Å². The average Bonchev–Trinajstić information content (AvgIpc) is 2.64. The number of ether oxygens (including phenoxy) is 1. The molecule has 2 aliphatic heterocycles. The largest absolute Gasteiger partial charge is 0.377 e. The topological polar surface area (TPSA) is 38.5 Å². The van der Waals surface area contributed by atoms with Crippen molar-refractivity contribution in [2.45, 2.75) is 38.3 Å². The van der Waals surface area contributed by atoms with Gasteiger partial charge in [-0.1, -0.05) is 6.92 Å². The van der Waals surface area contributed by atoms with Gasteiger partial charge in [0.2, 0.25) is 0 Å². The minimum atomic E-state index is 0.366. The second-order valence-electron chi connectivity index (χ2n) is 4.82. The van der Waals surface area contributed by atoms with Crippen molar-refractivity contribution < 1.29 is 4.74 Å². The number of rotatable bonds is 2. The highest BCUT2D eigenvalue weighted by atomic mass is 16.5. The Morgan fingerprint density at radius 2 is 2.29 bits per heavy atom. The zero-order valence-corrected chi connectivity index (χ0v) is 9.11. The lowest BCUT2D eigenvalue weighted by Gasteiger charge is -2.36. The van der Waals surface area contributed by atoms with Crippen LogP contribution in [0.25, 0.3) is 0 Å². The number of hydrogen-bond donors (Lipinski definition) is 1. The molecule has 2 saturated heterocycles. The third kappa shape index (κ3) is 2.47. The first-order chi connectivity index (χ1) is 6.75. The first-order valence-electron chi connectivity index (χ1n) is 5.85. The molecular weight excluding hydrogens is 176 g/mol. The quantitative estimate of drug-likeness (QED) is 0.714. The summed E-state index contributed by atoms with van der Waals surface area (Å²) in [6.07, 6.45) is 4.20. The number of hydrogen-bond acceptors (Lipinski definition) is 3. The van der Waals surface area contributed by atoms with Gasteiger partial charge in [0.15, 0.2) is 0 Å². The smallest absolute Gasteiger partial charge is 0.0702 e. The van der Waals surface area contributed by atoms with Gasteiger partial charge in [-0.05, 0) is 31.7 Å². The molecule has 0 radical (unpaired) electrons. The Morgan fingerprint density at radius 1 is 1.43 bits per heavy atom. The molecule has 2 heterocycles. The molecule has 3 heteroatoms. The van der Waals surface area contributed by atoms with E-state index in [2.05, 4.69) is 11.8 Å². The van der Waals surface area contributed by atoms with E-state index >= 15 is 0 Å². The summed E-state index contributed by atoms with van der Waals surface area (Å²) in [7, 11) is 0. The summed E-state index contributed by atoms with van der Waals surface area (Å²) in [4.78, 5) is 2.47. The molecule has 0 aromatic carbocycles. The minimum absolute atomic E-state index is 0.366. The Morgan fingerprint density at radius 3 is 2.93 bits per heavy atom. The molecule has 0 bridgehead atoms. The second kappa shape index (κ2) is 4.60. The third-order valence-corrected chi connectivity index (χ3v) is 3.59. The monoisotopic (exact) mass is 198 g/mol. The van der Waals surface area contributed by atoms with Gasteiger partial charge in [0.05, 0.1) is 6.10 Å². The molecule has 82 valence electrons. The zero-order valence-electron chi connectivity index (χ0n) is 9.11. The predicted octanol–water partition coefficient (Wildman–Crippen LogP) is 0.835. The van der Waals surface area contributed by atoms with Crippen molar-refractivity contribution in [2.24, 2.45) is 11.7 Å². The van der Waals surface area contributed by atoms with E-state index in [4.69, 9.17) is 10.5 Å². The normalized spacial score (nSPS) is 40.3. The van der Waals surface area contributed by atoms with Gasteiger partial charge in [-0.15, -0.1) is 0 Å². The minimum Gasteiger partial charge on any atom is -0.377 e. The Bertz CT molecular complexity index is 180. The van der Waals surface area contributed by atoms with E-state index < -0.39 is 0 Å². The van der Waals surface area contributed by atoms with Crippen LogP contribution in [0.15, 0.2) is 0 Å². The van der Waals surface area contributed by atoms with Crippen molar-refractivity contribution >= 4 is 0 Å². The van der Waals surface area contributed by atoms with Gasteiger partial charge in [-0.3, -0.25) is 4.90 Å². The number of piperidine rings is 1. The molecule has 0 amide bonds. The average molecular weight is 198 g/mol. The van der Waals surface area contributed by atoms with E-state index in [1.807, 2.05) is 0 Å². The lowest BCUT2D eigenvalue weighted by molar-refractivity contribution is 0.0565. The summed E-state index contributed by atoms with van der Waals surface area (Å²) in [5.41, 5.74) is 6.06. The van der Waals surface area contributed by atoms with Crippen LogP contribution in [0.4, 0.5) is 0 Å². The van der Waals surface area contributed by atoms with Crippen molar-refractivity contribution in [3.05, 3.63) is 0 Å². The van der Waals surface area contributed by atoms with Gasteiger partial charge < -0.3 is 10.5 Å². The van der Waals surface area contributed by atoms with Crippen LogP contribution < -0.4 is 5.73 Å². The van der Waals surface area contributed by atoms with Gasteiger partial charge in [0.1, 0.15) is 0 Å². The van der Waals surface area contributed by atoms with Crippen molar-refractivity contribution in [2.75, 3.05) is 26.2 Å². The maximum absolute atomic E-state index is 6.06.